The molecular weight excluding hydrogens is 207 g/mol. The molecule has 0 aromatic heterocycles. The molecule has 0 bridgehead atoms. The zero-order chi connectivity index (χ0) is 12.1. The van der Waals surface area contributed by atoms with Crippen LogP contribution < -0.4 is 11.1 Å². The number of carbonyl (C=O) groups excluding carboxylic acids is 1. The molecule has 0 saturated carbocycles. The van der Waals surface area contributed by atoms with Crippen LogP contribution in [0.5, 0.6) is 0 Å². The minimum absolute atomic E-state index is 0.161. The first-order chi connectivity index (χ1) is 7.54. The SMILES string of the molecule is CC[C@@H](N)C(=O)NC(C)c1ccc(F)cc1. The van der Waals surface area contributed by atoms with E-state index in [2.05, 4.69) is 5.32 Å². The standard InChI is InChI=1S/C12H17FN2O/c1-3-11(14)12(16)15-8(2)9-4-6-10(13)7-5-9/h4-8,11H,3,14H2,1-2H3,(H,15,16)/t8?,11-/m1/s1. The average Bonchev–Trinajstić information content (AvgIpc) is 2.28. The lowest BCUT2D eigenvalue weighted by Crippen LogP contribution is -2.41. The molecule has 2 atom stereocenters. The first-order valence-electron chi connectivity index (χ1n) is 5.36. The fourth-order valence-electron chi connectivity index (χ4n) is 1.34. The number of nitrogens with one attached hydrogen (secondary N) is 1. The van der Waals surface area contributed by atoms with Crippen molar-refractivity contribution in [1.29, 1.82) is 0 Å². The quantitative estimate of drug-likeness (QED) is 0.818. The molecule has 1 aromatic carbocycles. The van der Waals surface area contributed by atoms with Gasteiger partial charge in [-0.3, -0.25) is 4.79 Å². The molecule has 3 N–H and O–H groups in total. The van der Waals surface area contributed by atoms with Gasteiger partial charge in [-0.25, -0.2) is 4.39 Å². The highest BCUT2D eigenvalue weighted by Crippen LogP contribution is 2.12. The van der Waals surface area contributed by atoms with Gasteiger partial charge in [0.1, 0.15) is 5.82 Å². The van der Waals surface area contributed by atoms with E-state index in [0.29, 0.717) is 6.42 Å². The Kier molecular flexibility index (Phi) is 4.43. The molecule has 0 aliphatic heterocycles. The van der Waals surface area contributed by atoms with E-state index in [1.165, 1.54) is 12.1 Å². The number of benzene rings is 1. The molecule has 0 radical (unpaired) electrons. The van der Waals surface area contributed by atoms with Crippen molar-refractivity contribution in [3.8, 4) is 0 Å². The summed E-state index contributed by atoms with van der Waals surface area (Å²) in [5.74, 6) is -0.466. The van der Waals surface area contributed by atoms with Crippen LogP contribution in [0, 0.1) is 5.82 Å². The molecule has 4 heteroatoms. The Bertz CT molecular complexity index is 351. The molecule has 88 valence electrons. The van der Waals surface area contributed by atoms with E-state index in [9.17, 15) is 9.18 Å². The third-order valence-electron chi connectivity index (χ3n) is 2.51. The van der Waals surface area contributed by atoms with E-state index >= 15 is 0 Å². The summed E-state index contributed by atoms with van der Waals surface area (Å²) in [6, 6.07) is 5.40. The van der Waals surface area contributed by atoms with Gasteiger partial charge in [-0.15, -0.1) is 0 Å². The van der Waals surface area contributed by atoms with E-state index in [1.807, 2.05) is 13.8 Å². The van der Waals surface area contributed by atoms with Gasteiger partial charge in [-0.1, -0.05) is 19.1 Å². The zero-order valence-corrected chi connectivity index (χ0v) is 9.53. The monoisotopic (exact) mass is 224 g/mol. The van der Waals surface area contributed by atoms with E-state index in [4.69, 9.17) is 5.73 Å². The first-order valence-corrected chi connectivity index (χ1v) is 5.36. The fourth-order valence-corrected chi connectivity index (χ4v) is 1.34. The van der Waals surface area contributed by atoms with Crippen LogP contribution in [0.3, 0.4) is 0 Å². The van der Waals surface area contributed by atoms with Crippen molar-refractivity contribution in [2.24, 2.45) is 5.73 Å². The Balaban J connectivity index is 2.62. The van der Waals surface area contributed by atoms with Crippen LogP contribution in [0.25, 0.3) is 0 Å². The number of rotatable bonds is 4. The van der Waals surface area contributed by atoms with Crippen molar-refractivity contribution >= 4 is 5.91 Å². The number of nitrogens with two attached hydrogens (primary N) is 1. The first kappa shape index (κ1) is 12.6. The average molecular weight is 224 g/mol. The molecule has 1 rings (SSSR count). The summed E-state index contributed by atoms with van der Waals surface area (Å²) in [6.45, 7) is 3.69. The Hall–Kier alpha value is -1.42. The molecular formula is C12H17FN2O. The molecule has 0 saturated heterocycles. The van der Waals surface area contributed by atoms with Crippen molar-refractivity contribution in [3.05, 3.63) is 35.6 Å². The maximum Gasteiger partial charge on any atom is 0.237 e. The van der Waals surface area contributed by atoms with Crippen LogP contribution in [0.2, 0.25) is 0 Å². The van der Waals surface area contributed by atoms with Gasteiger partial charge in [0.15, 0.2) is 0 Å². The summed E-state index contributed by atoms with van der Waals surface area (Å²) >= 11 is 0. The Labute approximate surface area is 94.8 Å². The summed E-state index contributed by atoms with van der Waals surface area (Å²) in [7, 11) is 0. The summed E-state index contributed by atoms with van der Waals surface area (Å²) in [4.78, 5) is 11.5. The predicted octanol–water partition coefficient (Wildman–Crippen LogP) is 1.74. The van der Waals surface area contributed by atoms with Crippen molar-refractivity contribution in [2.45, 2.75) is 32.4 Å². The lowest BCUT2D eigenvalue weighted by molar-refractivity contribution is -0.123. The van der Waals surface area contributed by atoms with Gasteiger partial charge >= 0.3 is 0 Å². The molecule has 0 fully saturated rings. The Morgan fingerprint density at radius 1 is 1.44 bits per heavy atom. The van der Waals surface area contributed by atoms with Gasteiger partial charge < -0.3 is 11.1 Å². The molecule has 0 spiro atoms. The summed E-state index contributed by atoms with van der Waals surface area (Å²) in [6.07, 6.45) is 0.599. The van der Waals surface area contributed by atoms with Crippen LogP contribution in [0.4, 0.5) is 4.39 Å². The second-order valence-electron chi connectivity index (χ2n) is 3.80. The molecule has 0 heterocycles. The normalized spacial score (nSPS) is 14.2. The van der Waals surface area contributed by atoms with Crippen molar-refractivity contribution in [1.82, 2.24) is 5.32 Å². The number of hydrogen-bond acceptors (Lipinski definition) is 2. The van der Waals surface area contributed by atoms with Gasteiger partial charge in [-0.2, -0.15) is 0 Å². The minimum atomic E-state index is -0.483. The predicted molar refractivity (Wildman–Crippen MR) is 61.2 cm³/mol. The fraction of sp³-hybridized carbons (Fsp3) is 0.417. The topological polar surface area (TPSA) is 55.1 Å². The van der Waals surface area contributed by atoms with Crippen LogP contribution >= 0.6 is 0 Å². The van der Waals surface area contributed by atoms with Crippen molar-refractivity contribution < 1.29 is 9.18 Å². The lowest BCUT2D eigenvalue weighted by atomic mass is 10.1. The third kappa shape index (κ3) is 3.31. The number of amides is 1. The number of halogens is 1. The molecule has 3 nitrogen and oxygen atoms in total. The molecule has 0 aliphatic rings. The molecule has 16 heavy (non-hydrogen) atoms. The van der Waals surface area contributed by atoms with E-state index in [-0.39, 0.29) is 17.8 Å². The van der Waals surface area contributed by atoms with Gasteiger partial charge in [0.2, 0.25) is 5.91 Å². The Morgan fingerprint density at radius 3 is 2.50 bits per heavy atom. The smallest absolute Gasteiger partial charge is 0.237 e. The maximum absolute atomic E-state index is 12.7. The number of hydrogen-bond donors (Lipinski definition) is 2. The van der Waals surface area contributed by atoms with Gasteiger partial charge in [-0.05, 0) is 31.0 Å². The highest BCUT2D eigenvalue weighted by atomic mass is 19.1. The van der Waals surface area contributed by atoms with Crippen molar-refractivity contribution in [2.75, 3.05) is 0 Å². The van der Waals surface area contributed by atoms with Gasteiger partial charge in [0, 0.05) is 0 Å². The molecule has 1 amide bonds. The molecule has 0 aliphatic carbocycles. The molecule has 1 aromatic rings. The van der Waals surface area contributed by atoms with Crippen LogP contribution in [0.15, 0.2) is 24.3 Å². The van der Waals surface area contributed by atoms with Crippen molar-refractivity contribution in [3.63, 3.8) is 0 Å². The van der Waals surface area contributed by atoms with E-state index in [1.54, 1.807) is 12.1 Å². The second kappa shape index (κ2) is 5.61. The zero-order valence-electron chi connectivity index (χ0n) is 9.53. The van der Waals surface area contributed by atoms with Crippen LogP contribution in [-0.4, -0.2) is 11.9 Å². The summed E-state index contributed by atoms with van der Waals surface area (Å²) in [5.41, 5.74) is 6.45. The Morgan fingerprint density at radius 2 is 2.00 bits per heavy atom. The second-order valence-corrected chi connectivity index (χ2v) is 3.80. The number of carbonyl (C=O) groups is 1. The largest absolute Gasteiger partial charge is 0.348 e. The summed E-state index contributed by atoms with van der Waals surface area (Å²) in [5, 5.41) is 2.78. The minimum Gasteiger partial charge on any atom is -0.348 e. The highest BCUT2D eigenvalue weighted by molar-refractivity contribution is 5.81. The van der Waals surface area contributed by atoms with E-state index < -0.39 is 6.04 Å². The van der Waals surface area contributed by atoms with E-state index in [0.717, 1.165) is 5.56 Å². The van der Waals surface area contributed by atoms with Gasteiger partial charge in [0.25, 0.3) is 0 Å². The van der Waals surface area contributed by atoms with Crippen LogP contribution in [0.1, 0.15) is 31.9 Å². The maximum atomic E-state index is 12.7. The van der Waals surface area contributed by atoms with Crippen LogP contribution in [-0.2, 0) is 4.79 Å². The molecule has 1 unspecified atom stereocenters. The third-order valence-corrected chi connectivity index (χ3v) is 2.51. The highest BCUT2D eigenvalue weighted by Gasteiger charge is 2.14. The van der Waals surface area contributed by atoms with Gasteiger partial charge in [0.05, 0.1) is 12.1 Å². The lowest BCUT2D eigenvalue weighted by Gasteiger charge is -2.17. The summed E-state index contributed by atoms with van der Waals surface area (Å²) < 4.78 is 12.7.